The van der Waals surface area contributed by atoms with Gasteiger partial charge in [-0.05, 0) is 24.8 Å². The number of hydrogen-bond donors (Lipinski definition) is 2. The van der Waals surface area contributed by atoms with Gasteiger partial charge in [0.05, 0.1) is 12.0 Å². The number of amides is 1. The lowest BCUT2D eigenvalue weighted by molar-refractivity contribution is 0.135. The third kappa shape index (κ3) is 3.42. The van der Waals surface area contributed by atoms with Crippen LogP contribution in [-0.4, -0.2) is 22.7 Å². The van der Waals surface area contributed by atoms with E-state index in [-0.39, 0.29) is 12.0 Å². The Hall–Kier alpha value is -2.30. The van der Waals surface area contributed by atoms with Crippen LogP contribution in [0, 0.1) is 0 Å². The minimum atomic E-state index is -0.374. The third-order valence-corrected chi connectivity index (χ3v) is 3.81. The molecule has 1 unspecified atom stereocenters. The molecule has 5 heteroatoms. The minimum Gasteiger partial charge on any atom is -0.449 e. The van der Waals surface area contributed by atoms with Crippen molar-refractivity contribution < 1.29 is 9.53 Å². The smallest absolute Gasteiger partial charge is 0.407 e. The van der Waals surface area contributed by atoms with Crippen molar-refractivity contribution in [2.45, 2.75) is 31.7 Å². The molecule has 5 nitrogen and oxygen atoms in total. The van der Waals surface area contributed by atoms with Crippen LogP contribution in [0.15, 0.2) is 36.7 Å². The SMILES string of the molecule is O=C(NCc1ccccc1)OCC1CCCc2[nH]cnc21. The van der Waals surface area contributed by atoms with Crippen molar-refractivity contribution in [3.63, 3.8) is 0 Å². The van der Waals surface area contributed by atoms with Crippen molar-refractivity contribution in [1.29, 1.82) is 0 Å². The fourth-order valence-electron chi connectivity index (χ4n) is 2.71. The Morgan fingerprint density at radius 1 is 1.38 bits per heavy atom. The first-order chi connectivity index (χ1) is 10.3. The number of hydrogen-bond acceptors (Lipinski definition) is 3. The first-order valence-corrected chi connectivity index (χ1v) is 7.29. The lowest BCUT2D eigenvalue weighted by Gasteiger charge is -2.20. The molecule has 0 fully saturated rings. The number of benzene rings is 1. The number of aromatic nitrogens is 2. The number of carbonyl (C=O) groups excluding carboxylic acids is 1. The van der Waals surface area contributed by atoms with Crippen LogP contribution in [0.5, 0.6) is 0 Å². The first kappa shape index (κ1) is 13.7. The summed E-state index contributed by atoms with van der Waals surface area (Å²) in [5, 5.41) is 2.77. The molecule has 0 saturated heterocycles. The summed E-state index contributed by atoms with van der Waals surface area (Å²) in [6.07, 6.45) is 4.50. The van der Waals surface area contributed by atoms with Crippen molar-refractivity contribution >= 4 is 6.09 Å². The van der Waals surface area contributed by atoms with Gasteiger partial charge in [-0.15, -0.1) is 0 Å². The number of alkyl carbamates (subject to hydrolysis) is 1. The van der Waals surface area contributed by atoms with E-state index in [0.29, 0.717) is 13.2 Å². The molecule has 2 N–H and O–H groups in total. The number of aromatic amines is 1. The molecule has 21 heavy (non-hydrogen) atoms. The Labute approximate surface area is 123 Å². The quantitative estimate of drug-likeness (QED) is 0.907. The normalized spacial score (nSPS) is 17.0. The standard InChI is InChI=1S/C16H19N3O2/c20-16(17-9-12-5-2-1-3-6-12)21-10-13-7-4-8-14-15(13)19-11-18-14/h1-3,5-6,11,13H,4,7-10H2,(H,17,20)(H,18,19). The average molecular weight is 285 g/mol. The molecule has 1 heterocycles. The lowest BCUT2D eigenvalue weighted by Crippen LogP contribution is -2.26. The van der Waals surface area contributed by atoms with Gasteiger partial charge in [-0.2, -0.15) is 0 Å². The fraction of sp³-hybridized carbons (Fsp3) is 0.375. The van der Waals surface area contributed by atoms with E-state index < -0.39 is 0 Å². The molecule has 0 aliphatic heterocycles. The maximum absolute atomic E-state index is 11.7. The van der Waals surface area contributed by atoms with Crippen molar-refractivity contribution in [2.75, 3.05) is 6.61 Å². The molecule has 0 bridgehead atoms. The predicted octanol–water partition coefficient (Wildman–Crippen LogP) is 2.76. The maximum Gasteiger partial charge on any atom is 0.407 e. The monoisotopic (exact) mass is 285 g/mol. The summed E-state index contributed by atoms with van der Waals surface area (Å²) >= 11 is 0. The highest BCUT2D eigenvalue weighted by Crippen LogP contribution is 2.29. The van der Waals surface area contributed by atoms with E-state index in [1.807, 2.05) is 30.3 Å². The largest absolute Gasteiger partial charge is 0.449 e. The predicted molar refractivity (Wildman–Crippen MR) is 78.9 cm³/mol. The average Bonchev–Trinajstić information content (AvgIpc) is 3.01. The van der Waals surface area contributed by atoms with Crippen LogP contribution in [0.25, 0.3) is 0 Å². The molecule has 1 aromatic heterocycles. The van der Waals surface area contributed by atoms with Crippen LogP contribution < -0.4 is 5.32 Å². The van der Waals surface area contributed by atoms with Crippen molar-refractivity contribution in [2.24, 2.45) is 0 Å². The molecule has 2 aromatic rings. The molecule has 1 aromatic carbocycles. The number of nitrogens with zero attached hydrogens (tertiary/aromatic N) is 1. The molecule has 110 valence electrons. The number of H-pyrrole nitrogens is 1. The van der Waals surface area contributed by atoms with Gasteiger partial charge in [0.25, 0.3) is 0 Å². The van der Waals surface area contributed by atoms with E-state index in [4.69, 9.17) is 4.74 Å². The summed E-state index contributed by atoms with van der Waals surface area (Å²) in [6, 6.07) is 9.79. The number of rotatable bonds is 4. The van der Waals surface area contributed by atoms with Crippen LogP contribution in [-0.2, 0) is 17.7 Å². The summed E-state index contributed by atoms with van der Waals surface area (Å²) in [5.74, 6) is 0.211. The molecule has 1 aliphatic rings. The Morgan fingerprint density at radius 3 is 3.10 bits per heavy atom. The Morgan fingerprint density at radius 2 is 2.24 bits per heavy atom. The highest BCUT2D eigenvalue weighted by Gasteiger charge is 2.23. The van der Waals surface area contributed by atoms with Gasteiger partial charge in [-0.3, -0.25) is 0 Å². The zero-order valence-corrected chi connectivity index (χ0v) is 11.8. The summed E-state index contributed by atoms with van der Waals surface area (Å²) in [7, 11) is 0. The molecule has 1 aliphatic carbocycles. The summed E-state index contributed by atoms with van der Waals surface area (Å²) in [5.41, 5.74) is 3.29. The highest BCUT2D eigenvalue weighted by molar-refractivity contribution is 5.67. The fourth-order valence-corrected chi connectivity index (χ4v) is 2.71. The molecule has 1 atom stereocenters. The van der Waals surface area contributed by atoms with Crippen molar-refractivity contribution in [1.82, 2.24) is 15.3 Å². The van der Waals surface area contributed by atoms with Gasteiger partial charge < -0.3 is 15.0 Å². The van der Waals surface area contributed by atoms with Crippen LogP contribution >= 0.6 is 0 Å². The molecular formula is C16H19N3O2. The van der Waals surface area contributed by atoms with Gasteiger partial charge in [0.2, 0.25) is 0 Å². The summed E-state index contributed by atoms with van der Waals surface area (Å²) < 4.78 is 5.33. The third-order valence-electron chi connectivity index (χ3n) is 3.81. The Bertz CT molecular complexity index is 595. The van der Waals surface area contributed by atoms with E-state index >= 15 is 0 Å². The van der Waals surface area contributed by atoms with Crippen LogP contribution in [0.2, 0.25) is 0 Å². The second-order valence-electron chi connectivity index (χ2n) is 5.29. The minimum absolute atomic E-state index is 0.211. The van der Waals surface area contributed by atoms with E-state index in [1.54, 1.807) is 6.33 Å². The zero-order valence-electron chi connectivity index (χ0n) is 11.8. The van der Waals surface area contributed by atoms with E-state index in [9.17, 15) is 4.79 Å². The maximum atomic E-state index is 11.7. The van der Waals surface area contributed by atoms with Crippen molar-refractivity contribution in [3.05, 3.63) is 53.6 Å². The molecule has 0 radical (unpaired) electrons. The Kier molecular flexibility index (Phi) is 4.19. The van der Waals surface area contributed by atoms with E-state index in [0.717, 1.165) is 30.5 Å². The van der Waals surface area contributed by atoms with Crippen LogP contribution in [0.4, 0.5) is 4.79 Å². The van der Waals surface area contributed by atoms with Crippen LogP contribution in [0.3, 0.4) is 0 Å². The number of fused-ring (bicyclic) bond motifs is 1. The van der Waals surface area contributed by atoms with Gasteiger partial charge in [0.1, 0.15) is 6.61 Å². The number of ether oxygens (including phenoxy) is 1. The molecular weight excluding hydrogens is 266 g/mol. The molecule has 1 amide bonds. The van der Waals surface area contributed by atoms with Gasteiger partial charge in [0.15, 0.2) is 0 Å². The van der Waals surface area contributed by atoms with Gasteiger partial charge >= 0.3 is 6.09 Å². The summed E-state index contributed by atoms with van der Waals surface area (Å²) in [6.45, 7) is 0.871. The van der Waals surface area contributed by atoms with Gasteiger partial charge in [-0.1, -0.05) is 30.3 Å². The lowest BCUT2D eigenvalue weighted by atomic mass is 9.91. The van der Waals surface area contributed by atoms with E-state index in [2.05, 4.69) is 15.3 Å². The first-order valence-electron chi connectivity index (χ1n) is 7.29. The van der Waals surface area contributed by atoms with Gasteiger partial charge in [-0.25, -0.2) is 9.78 Å². The number of aryl methyl sites for hydroxylation is 1. The van der Waals surface area contributed by atoms with Gasteiger partial charge in [0, 0.05) is 18.2 Å². The second kappa shape index (κ2) is 6.43. The van der Waals surface area contributed by atoms with Crippen molar-refractivity contribution in [3.8, 4) is 0 Å². The van der Waals surface area contributed by atoms with Crippen LogP contribution in [0.1, 0.15) is 35.7 Å². The highest BCUT2D eigenvalue weighted by atomic mass is 16.5. The molecule has 3 rings (SSSR count). The zero-order chi connectivity index (χ0) is 14.5. The Balaban J connectivity index is 1.47. The van der Waals surface area contributed by atoms with E-state index in [1.165, 1.54) is 5.69 Å². The second-order valence-corrected chi connectivity index (χ2v) is 5.29. The molecule has 0 spiro atoms. The number of carbonyl (C=O) groups is 1. The number of nitrogens with one attached hydrogen (secondary N) is 2. The summed E-state index contributed by atoms with van der Waals surface area (Å²) in [4.78, 5) is 19.2. The number of imidazole rings is 1. The topological polar surface area (TPSA) is 67.0 Å². The molecule has 0 saturated carbocycles.